The van der Waals surface area contributed by atoms with Crippen molar-refractivity contribution in [3.63, 3.8) is 0 Å². The van der Waals surface area contributed by atoms with Crippen molar-refractivity contribution in [1.29, 1.82) is 0 Å². The maximum Gasteiger partial charge on any atom is 0.108 e. The summed E-state index contributed by atoms with van der Waals surface area (Å²) in [5, 5.41) is 10.3. The van der Waals surface area contributed by atoms with Crippen molar-refractivity contribution in [3.05, 3.63) is 47.5 Å². The lowest BCUT2D eigenvalue weighted by molar-refractivity contribution is 0.180. The number of para-hydroxylation sites is 1. The Morgan fingerprint density at radius 1 is 1.44 bits per heavy atom. The molecule has 2 rings (SSSR count). The maximum absolute atomic E-state index is 9.72. The smallest absolute Gasteiger partial charge is 0.108 e. The molecule has 0 saturated heterocycles. The molecular weight excluding hydrogens is 226 g/mol. The molecule has 0 fully saturated rings. The Bertz CT molecular complexity index is 484. The van der Waals surface area contributed by atoms with Crippen LogP contribution in [0.1, 0.15) is 11.8 Å². The molecule has 3 N–H and O–H groups in total. The van der Waals surface area contributed by atoms with E-state index in [-0.39, 0.29) is 6.54 Å². The molecule has 0 spiro atoms. The highest BCUT2D eigenvalue weighted by molar-refractivity contribution is 6.32. The number of hydrogen-bond donors (Lipinski definition) is 2. The van der Waals surface area contributed by atoms with Gasteiger partial charge in [0.15, 0.2) is 0 Å². The number of rotatable bonds is 3. The highest BCUT2D eigenvalue weighted by Crippen LogP contribution is 2.23. The Kier molecular flexibility index (Phi) is 3.24. The second kappa shape index (κ2) is 4.65. The Balaban J connectivity index is 2.49. The van der Waals surface area contributed by atoms with E-state index >= 15 is 0 Å². The first kappa shape index (κ1) is 11.1. The van der Waals surface area contributed by atoms with Gasteiger partial charge in [0.1, 0.15) is 6.10 Å². The van der Waals surface area contributed by atoms with Crippen molar-refractivity contribution in [2.24, 2.45) is 5.73 Å². The zero-order chi connectivity index (χ0) is 11.5. The van der Waals surface area contributed by atoms with Gasteiger partial charge >= 0.3 is 0 Å². The SMILES string of the molecule is NCC(O)c1cncn1-c1ccccc1Cl. The topological polar surface area (TPSA) is 64.1 Å². The Morgan fingerprint density at radius 3 is 2.88 bits per heavy atom. The van der Waals surface area contributed by atoms with E-state index in [1.54, 1.807) is 23.2 Å². The molecule has 2 aromatic rings. The number of aliphatic hydroxyl groups is 1. The van der Waals surface area contributed by atoms with E-state index in [1.807, 2.05) is 18.2 Å². The minimum atomic E-state index is -0.737. The van der Waals surface area contributed by atoms with E-state index in [4.69, 9.17) is 17.3 Å². The molecule has 0 aliphatic heterocycles. The molecule has 1 atom stereocenters. The fraction of sp³-hybridized carbons (Fsp3) is 0.182. The molecule has 1 aromatic heterocycles. The van der Waals surface area contributed by atoms with Crippen LogP contribution >= 0.6 is 11.6 Å². The molecule has 16 heavy (non-hydrogen) atoms. The number of imidazole rings is 1. The van der Waals surface area contributed by atoms with Crippen molar-refractivity contribution < 1.29 is 5.11 Å². The first-order valence-corrected chi connectivity index (χ1v) is 5.27. The van der Waals surface area contributed by atoms with Gasteiger partial charge in [-0.2, -0.15) is 0 Å². The summed E-state index contributed by atoms with van der Waals surface area (Å²) in [6, 6.07) is 7.37. The van der Waals surface area contributed by atoms with Crippen molar-refractivity contribution >= 4 is 11.6 Å². The lowest BCUT2D eigenvalue weighted by Gasteiger charge is -2.12. The first-order chi connectivity index (χ1) is 7.74. The molecule has 84 valence electrons. The predicted molar refractivity (Wildman–Crippen MR) is 62.6 cm³/mol. The second-order valence-electron chi connectivity index (χ2n) is 3.39. The highest BCUT2D eigenvalue weighted by atomic mass is 35.5. The third-order valence-electron chi connectivity index (χ3n) is 2.34. The summed E-state index contributed by atoms with van der Waals surface area (Å²) in [4.78, 5) is 4.00. The zero-order valence-corrected chi connectivity index (χ0v) is 9.30. The van der Waals surface area contributed by atoms with Crippen LogP contribution in [-0.4, -0.2) is 21.2 Å². The Hall–Kier alpha value is -1.36. The van der Waals surface area contributed by atoms with Gasteiger partial charge in [0, 0.05) is 6.54 Å². The monoisotopic (exact) mass is 237 g/mol. The van der Waals surface area contributed by atoms with Crippen LogP contribution in [0.3, 0.4) is 0 Å². The van der Waals surface area contributed by atoms with Gasteiger partial charge in [0.25, 0.3) is 0 Å². The van der Waals surface area contributed by atoms with Crippen LogP contribution in [0.15, 0.2) is 36.8 Å². The number of aromatic nitrogens is 2. The summed E-state index contributed by atoms with van der Waals surface area (Å²) in [6.45, 7) is 0.149. The van der Waals surface area contributed by atoms with Crippen molar-refractivity contribution in [3.8, 4) is 5.69 Å². The molecule has 0 radical (unpaired) electrons. The van der Waals surface area contributed by atoms with Gasteiger partial charge in [-0.25, -0.2) is 4.98 Å². The largest absolute Gasteiger partial charge is 0.385 e. The van der Waals surface area contributed by atoms with Gasteiger partial charge in [-0.05, 0) is 12.1 Å². The summed E-state index contributed by atoms with van der Waals surface area (Å²) >= 11 is 6.07. The molecule has 0 amide bonds. The lowest BCUT2D eigenvalue weighted by Crippen LogP contribution is -2.15. The van der Waals surface area contributed by atoms with Crippen molar-refractivity contribution in [2.45, 2.75) is 6.10 Å². The number of benzene rings is 1. The summed E-state index contributed by atoms with van der Waals surface area (Å²) in [5.41, 5.74) is 6.84. The van der Waals surface area contributed by atoms with Crippen molar-refractivity contribution in [1.82, 2.24) is 9.55 Å². The van der Waals surface area contributed by atoms with E-state index in [0.29, 0.717) is 10.7 Å². The number of nitrogens with zero attached hydrogens (tertiary/aromatic N) is 2. The van der Waals surface area contributed by atoms with Gasteiger partial charge in [-0.1, -0.05) is 23.7 Å². The molecule has 5 heteroatoms. The molecule has 0 aliphatic carbocycles. The Morgan fingerprint density at radius 2 is 2.19 bits per heavy atom. The normalized spacial score (nSPS) is 12.7. The minimum Gasteiger partial charge on any atom is -0.385 e. The molecule has 1 heterocycles. The van der Waals surface area contributed by atoms with Gasteiger partial charge in [-0.3, -0.25) is 4.57 Å². The molecule has 1 unspecified atom stereocenters. The molecule has 1 aromatic carbocycles. The zero-order valence-electron chi connectivity index (χ0n) is 8.55. The quantitative estimate of drug-likeness (QED) is 0.851. The maximum atomic E-state index is 9.72. The summed E-state index contributed by atoms with van der Waals surface area (Å²) in [5.74, 6) is 0. The lowest BCUT2D eigenvalue weighted by atomic mass is 10.2. The molecular formula is C11H12ClN3O. The van der Waals surface area contributed by atoms with Crippen LogP contribution in [0.2, 0.25) is 5.02 Å². The predicted octanol–water partition coefficient (Wildman–Crippen LogP) is 1.52. The Labute approximate surface area is 98.3 Å². The van der Waals surface area contributed by atoms with E-state index in [2.05, 4.69) is 4.98 Å². The summed E-state index contributed by atoms with van der Waals surface area (Å²) < 4.78 is 1.74. The van der Waals surface area contributed by atoms with Crippen LogP contribution < -0.4 is 5.73 Å². The number of hydrogen-bond acceptors (Lipinski definition) is 3. The van der Waals surface area contributed by atoms with E-state index in [0.717, 1.165) is 5.69 Å². The first-order valence-electron chi connectivity index (χ1n) is 4.89. The number of nitrogens with two attached hydrogens (primary N) is 1. The number of halogens is 1. The van der Waals surface area contributed by atoms with Gasteiger partial charge in [0.2, 0.25) is 0 Å². The summed E-state index contributed by atoms with van der Waals surface area (Å²) in [7, 11) is 0. The highest BCUT2D eigenvalue weighted by Gasteiger charge is 2.13. The molecule has 0 aliphatic rings. The summed E-state index contributed by atoms with van der Waals surface area (Å²) in [6.07, 6.45) is 2.45. The van der Waals surface area contributed by atoms with Crippen LogP contribution in [0.4, 0.5) is 0 Å². The van der Waals surface area contributed by atoms with Crippen LogP contribution in [-0.2, 0) is 0 Å². The van der Waals surface area contributed by atoms with Crippen molar-refractivity contribution in [2.75, 3.05) is 6.54 Å². The fourth-order valence-electron chi connectivity index (χ4n) is 1.52. The second-order valence-corrected chi connectivity index (χ2v) is 3.80. The molecule has 4 nitrogen and oxygen atoms in total. The van der Waals surface area contributed by atoms with Gasteiger partial charge in [-0.15, -0.1) is 0 Å². The third-order valence-corrected chi connectivity index (χ3v) is 2.66. The third kappa shape index (κ3) is 1.95. The van der Waals surface area contributed by atoms with E-state index in [1.165, 1.54) is 0 Å². The average molecular weight is 238 g/mol. The molecule has 0 saturated carbocycles. The van der Waals surface area contributed by atoms with Crippen LogP contribution in [0.5, 0.6) is 0 Å². The van der Waals surface area contributed by atoms with Crippen LogP contribution in [0.25, 0.3) is 5.69 Å². The fourth-order valence-corrected chi connectivity index (χ4v) is 1.75. The van der Waals surface area contributed by atoms with Crippen LogP contribution in [0, 0.1) is 0 Å². The standard InChI is InChI=1S/C11H12ClN3O/c12-8-3-1-2-4-9(8)15-7-14-6-10(15)11(16)5-13/h1-4,6-7,11,16H,5,13H2. The minimum absolute atomic E-state index is 0.149. The average Bonchev–Trinajstić information content (AvgIpc) is 2.77. The van der Waals surface area contributed by atoms with E-state index in [9.17, 15) is 5.11 Å². The van der Waals surface area contributed by atoms with E-state index < -0.39 is 6.10 Å². The van der Waals surface area contributed by atoms with Gasteiger partial charge < -0.3 is 10.8 Å². The molecule has 0 bridgehead atoms. The number of aliphatic hydroxyl groups excluding tert-OH is 1. The van der Waals surface area contributed by atoms with Gasteiger partial charge in [0.05, 0.1) is 28.9 Å².